The Morgan fingerprint density at radius 2 is 2.00 bits per heavy atom. The molecule has 3 rings (SSSR count). The predicted octanol–water partition coefficient (Wildman–Crippen LogP) is 3.27. The van der Waals surface area contributed by atoms with Crippen molar-refractivity contribution in [3.8, 4) is 11.4 Å². The van der Waals surface area contributed by atoms with Crippen LogP contribution in [0.5, 0.6) is 0 Å². The highest BCUT2D eigenvalue weighted by atomic mass is 15.3. The van der Waals surface area contributed by atoms with E-state index in [-0.39, 0.29) is 0 Å². The molecule has 2 heterocycles. The number of rotatable bonds is 2. The molecule has 0 saturated heterocycles. The topological polar surface area (TPSA) is 103 Å². The van der Waals surface area contributed by atoms with Gasteiger partial charge in [0.15, 0.2) is 11.5 Å². The van der Waals surface area contributed by atoms with Crippen LogP contribution < -0.4 is 0 Å². The molecule has 0 amide bonds. The van der Waals surface area contributed by atoms with E-state index in [2.05, 4.69) is 30.2 Å². The molecule has 0 aliphatic heterocycles. The minimum absolute atomic E-state index is 0.342. The molecule has 2 aromatic heterocycles. The fourth-order valence-corrected chi connectivity index (χ4v) is 1.91. The molecule has 0 atom stereocenters. The average Bonchev–Trinajstić information content (AvgIpc) is 2.84. The maximum absolute atomic E-state index is 8.49. The normalized spacial score (nSPS) is 10.4. The number of hydrogen-bond donors (Lipinski definition) is 1. The Kier molecular flexibility index (Phi) is 2.59. The van der Waals surface area contributed by atoms with E-state index >= 15 is 0 Å². The van der Waals surface area contributed by atoms with Crippen molar-refractivity contribution in [3.63, 3.8) is 0 Å². The lowest BCUT2D eigenvalue weighted by Crippen LogP contribution is -1.93. The van der Waals surface area contributed by atoms with Gasteiger partial charge in [-0.2, -0.15) is 5.10 Å². The summed E-state index contributed by atoms with van der Waals surface area (Å²) in [5, 5.41) is 10.9. The van der Waals surface area contributed by atoms with Gasteiger partial charge >= 0.3 is 0 Å². The minimum Gasteiger partial charge on any atom is -0.273 e. The van der Waals surface area contributed by atoms with Crippen LogP contribution in [0.4, 0.5) is 5.82 Å². The molecule has 1 aromatic carbocycles. The van der Waals surface area contributed by atoms with Crippen LogP contribution in [-0.4, -0.2) is 20.2 Å². The summed E-state index contributed by atoms with van der Waals surface area (Å²) in [6.45, 7) is 1.84. The molecule has 0 fully saturated rings. The van der Waals surface area contributed by atoms with Crippen molar-refractivity contribution in [2.24, 2.45) is 5.11 Å². The summed E-state index contributed by atoms with van der Waals surface area (Å²) < 4.78 is 0. The number of aromatic nitrogens is 4. The molecule has 0 radical (unpaired) electrons. The van der Waals surface area contributed by atoms with E-state index in [1.807, 2.05) is 37.3 Å². The molecule has 7 heteroatoms. The van der Waals surface area contributed by atoms with Crippen molar-refractivity contribution < 1.29 is 0 Å². The highest BCUT2D eigenvalue weighted by Crippen LogP contribution is 2.26. The summed E-state index contributed by atoms with van der Waals surface area (Å²) in [5.74, 6) is 0.944. The van der Waals surface area contributed by atoms with Crippen LogP contribution in [0.1, 0.15) is 5.69 Å². The van der Waals surface area contributed by atoms with Gasteiger partial charge in [-0.05, 0) is 17.6 Å². The lowest BCUT2D eigenvalue weighted by molar-refractivity contribution is 1.08. The van der Waals surface area contributed by atoms with Gasteiger partial charge in [0, 0.05) is 10.5 Å². The molecule has 7 nitrogen and oxygen atoms in total. The average molecular weight is 251 g/mol. The first-order chi connectivity index (χ1) is 9.29. The molecule has 0 aliphatic rings. The summed E-state index contributed by atoms with van der Waals surface area (Å²) >= 11 is 0. The first-order valence-corrected chi connectivity index (χ1v) is 5.63. The van der Waals surface area contributed by atoms with E-state index in [9.17, 15) is 0 Å². The smallest absolute Gasteiger partial charge is 0.185 e. The van der Waals surface area contributed by atoms with E-state index < -0.39 is 0 Å². The van der Waals surface area contributed by atoms with Crippen LogP contribution in [0.15, 0.2) is 35.4 Å². The van der Waals surface area contributed by atoms with Crippen molar-refractivity contribution in [2.75, 3.05) is 0 Å². The van der Waals surface area contributed by atoms with Crippen molar-refractivity contribution in [2.45, 2.75) is 6.92 Å². The number of aryl methyl sites for hydroxylation is 1. The lowest BCUT2D eigenvalue weighted by Gasteiger charge is -2.02. The Morgan fingerprint density at radius 3 is 2.74 bits per heavy atom. The summed E-state index contributed by atoms with van der Waals surface area (Å²) in [6, 6.07) is 9.65. The zero-order valence-corrected chi connectivity index (χ0v) is 10.1. The van der Waals surface area contributed by atoms with E-state index in [1.54, 1.807) is 0 Å². The number of nitrogens with one attached hydrogen (secondary N) is 1. The molecule has 0 saturated carbocycles. The number of H-pyrrole nitrogens is 1. The molecule has 0 aliphatic carbocycles. The molecule has 0 bridgehead atoms. The molecule has 0 unspecified atom stereocenters. The van der Waals surface area contributed by atoms with Gasteiger partial charge in [0.25, 0.3) is 0 Å². The fourth-order valence-electron chi connectivity index (χ4n) is 1.91. The molecule has 0 spiro atoms. The summed E-state index contributed by atoms with van der Waals surface area (Å²) in [6.07, 6.45) is 0. The van der Waals surface area contributed by atoms with Crippen molar-refractivity contribution in [3.05, 3.63) is 46.5 Å². The number of aromatic amines is 1. The summed E-state index contributed by atoms with van der Waals surface area (Å²) in [4.78, 5) is 11.6. The zero-order valence-electron chi connectivity index (χ0n) is 10.1. The summed E-state index contributed by atoms with van der Waals surface area (Å²) in [5.41, 5.74) is 10.6. The highest BCUT2D eigenvalue weighted by Gasteiger charge is 2.12. The standard InChI is InChI=1S/C12H9N7/c1-7-9-11(16-17-12(9)18-19-13)15-10(14-7)8-5-3-2-4-6-8/h2-6H,1H3,(H,14,15,16,17). The second kappa shape index (κ2) is 4.40. The largest absolute Gasteiger partial charge is 0.273 e. The Morgan fingerprint density at radius 1 is 1.21 bits per heavy atom. The molecule has 92 valence electrons. The van der Waals surface area contributed by atoms with E-state index in [0.29, 0.717) is 22.7 Å². The van der Waals surface area contributed by atoms with E-state index in [4.69, 9.17) is 5.53 Å². The van der Waals surface area contributed by atoms with E-state index in [0.717, 1.165) is 11.3 Å². The summed E-state index contributed by atoms with van der Waals surface area (Å²) in [7, 11) is 0. The monoisotopic (exact) mass is 251 g/mol. The Balaban J connectivity index is 2.24. The number of nitrogens with zero attached hydrogens (tertiary/aromatic N) is 6. The van der Waals surface area contributed by atoms with Crippen LogP contribution >= 0.6 is 0 Å². The van der Waals surface area contributed by atoms with Gasteiger partial charge < -0.3 is 0 Å². The Bertz CT molecular complexity index is 784. The van der Waals surface area contributed by atoms with Crippen LogP contribution in [0.25, 0.3) is 32.9 Å². The maximum Gasteiger partial charge on any atom is 0.185 e. The first-order valence-electron chi connectivity index (χ1n) is 5.63. The fraction of sp³-hybridized carbons (Fsp3) is 0.0833. The molecule has 19 heavy (non-hydrogen) atoms. The first kappa shape index (κ1) is 11.2. The SMILES string of the molecule is Cc1nc(-c2ccccc2)nc2n[nH]c(N=[N+]=[N-])c12. The second-order valence-corrected chi connectivity index (χ2v) is 3.96. The lowest BCUT2D eigenvalue weighted by atomic mass is 10.2. The minimum atomic E-state index is 0.342. The number of fused-ring (bicyclic) bond motifs is 1. The number of azide groups is 1. The highest BCUT2D eigenvalue weighted by molar-refractivity contribution is 5.88. The van der Waals surface area contributed by atoms with Gasteiger partial charge in [-0.3, -0.25) is 5.10 Å². The third-order valence-corrected chi connectivity index (χ3v) is 2.75. The van der Waals surface area contributed by atoms with Gasteiger partial charge in [-0.15, -0.1) is 0 Å². The zero-order chi connectivity index (χ0) is 13.2. The quantitative estimate of drug-likeness (QED) is 0.429. The van der Waals surface area contributed by atoms with E-state index in [1.165, 1.54) is 0 Å². The van der Waals surface area contributed by atoms with Crippen molar-refractivity contribution in [1.82, 2.24) is 20.2 Å². The van der Waals surface area contributed by atoms with Crippen LogP contribution in [0.3, 0.4) is 0 Å². The molecular weight excluding hydrogens is 242 g/mol. The number of hydrogen-bond acceptors (Lipinski definition) is 4. The van der Waals surface area contributed by atoms with Crippen molar-refractivity contribution >= 4 is 16.9 Å². The maximum atomic E-state index is 8.49. The van der Waals surface area contributed by atoms with Gasteiger partial charge in [-0.1, -0.05) is 30.3 Å². The Labute approximate surface area is 108 Å². The molecule has 3 aromatic rings. The van der Waals surface area contributed by atoms with Gasteiger partial charge in [0.05, 0.1) is 11.1 Å². The third-order valence-electron chi connectivity index (χ3n) is 2.75. The van der Waals surface area contributed by atoms with Crippen LogP contribution in [-0.2, 0) is 0 Å². The van der Waals surface area contributed by atoms with Gasteiger partial charge in [0.2, 0.25) is 0 Å². The van der Waals surface area contributed by atoms with Crippen LogP contribution in [0, 0.1) is 6.92 Å². The molecular formula is C12H9N7. The third kappa shape index (κ3) is 1.88. The van der Waals surface area contributed by atoms with Crippen molar-refractivity contribution in [1.29, 1.82) is 0 Å². The van der Waals surface area contributed by atoms with Gasteiger partial charge in [0.1, 0.15) is 5.82 Å². The molecule has 1 N–H and O–H groups in total. The predicted molar refractivity (Wildman–Crippen MR) is 70.7 cm³/mol. The van der Waals surface area contributed by atoms with Gasteiger partial charge in [-0.25, -0.2) is 9.97 Å². The Hall–Kier alpha value is -2.92. The second-order valence-electron chi connectivity index (χ2n) is 3.96. The van der Waals surface area contributed by atoms with Crippen LogP contribution in [0.2, 0.25) is 0 Å². The number of benzene rings is 1.